The molecule has 0 atom stereocenters. The van der Waals surface area contributed by atoms with Crippen LogP contribution in [0.25, 0.3) is 0 Å². The molecule has 0 aromatic heterocycles. The first-order chi connectivity index (χ1) is 36.3. The number of guanidine groups is 2. The molecule has 0 unspecified atom stereocenters. The summed E-state index contributed by atoms with van der Waals surface area (Å²) in [5.74, 6) is -6.05. The van der Waals surface area contributed by atoms with Crippen LogP contribution in [0.4, 0.5) is 22.7 Å². The predicted octanol–water partition coefficient (Wildman–Crippen LogP) is -0.513. The standard InChI is InChI=1S/C48H59N15O13/c1-73-34-11-7-27(61-39(65)22-56-38(64)6-4-5-15-54-47(50)51)19-31(34)44(70)58-24-41(67)63-29-9-13-36(75-3)33(21-29)46(72)59-25-42(68)62-28-8-12-35(74-2)32(20-28)45(71)57-23-40(66)60-26-10-14-37(30(18-26)43(49)69)76-17-16-55-48(52)53/h7-14,18-21H,4-6,15-17,22-25H2,1-3H3,(H2,49,69)(H,56,64)(H,57,71)(H,58,70)(H,59,72)(H,60,66)(H,61,65)(H,62,68)(H,63,67)(H4,50,51,54)(H4,52,53,55). The SMILES string of the molecule is COc1ccc(NC(=O)CNC(=O)CCCCNC(=N)N)cc1C(=O)NCC(=O)Nc1ccc(OC)c(C(=O)NCC(=O)Nc2ccc(OC)c(C(=O)NCC(=O)Nc3ccc(OCCNC(=N)N)c(C(N)=O)c3)c2)c1. The number of carbonyl (C=O) groups excluding carboxylic acids is 9. The molecule has 0 spiro atoms. The van der Waals surface area contributed by atoms with E-state index in [4.69, 9.17) is 47.0 Å². The van der Waals surface area contributed by atoms with Crippen molar-refractivity contribution in [1.82, 2.24) is 31.9 Å². The summed E-state index contributed by atoms with van der Waals surface area (Å²) in [6.07, 6.45) is 1.26. The summed E-state index contributed by atoms with van der Waals surface area (Å²) in [5.41, 5.74) is 16.4. The molecular weight excluding hydrogens is 995 g/mol. The minimum absolute atomic E-state index is 0.0206. The van der Waals surface area contributed by atoms with Gasteiger partial charge in [0, 0.05) is 35.7 Å². The Morgan fingerprint density at radius 2 is 0.763 bits per heavy atom. The highest BCUT2D eigenvalue weighted by Gasteiger charge is 2.20. The van der Waals surface area contributed by atoms with Crippen molar-refractivity contribution in [3.8, 4) is 23.0 Å². The molecule has 0 saturated carbocycles. The average molecular weight is 1050 g/mol. The summed E-state index contributed by atoms with van der Waals surface area (Å²) in [7, 11) is 3.94. The molecule has 0 heterocycles. The summed E-state index contributed by atoms with van der Waals surface area (Å²) in [6, 6.07) is 16.6. The number of primary amides is 1. The van der Waals surface area contributed by atoms with Crippen LogP contribution in [-0.4, -0.2) is 132 Å². The van der Waals surface area contributed by atoms with Crippen LogP contribution < -0.4 is 89.3 Å². The van der Waals surface area contributed by atoms with Crippen LogP contribution in [0.1, 0.15) is 60.7 Å². The van der Waals surface area contributed by atoms with Crippen molar-refractivity contribution < 1.29 is 62.1 Å². The smallest absolute Gasteiger partial charge is 0.255 e. The Hall–Kier alpha value is -10.2. The zero-order valence-electron chi connectivity index (χ0n) is 41.5. The maximum atomic E-state index is 13.3. The lowest BCUT2D eigenvalue weighted by Crippen LogP contribution is -2.34. The Morgan fingerprint density at radius 1 is 0.421 bits per heavy atom. The summed E-state index contributed by atoms with van der Waals surface area (Å²) < 4.78 is 21.4. The molecule has 404 valence electrons. The maximum Gasteiger partial charge on any atom is 0.255 e. The molecule has 0 radical (unpaired) electrons. The van der Waals surface area contributed by atoms with Gasteiger partial charge in [-0.1, -0.05) is 0 Å². The van der Waals surface area contributed by atoms with E-state index in [0.29, 0.717) is 19.4 Å². The van der Waals surface area contributed by atoms with Gasteiger partial charge in [-0.2, -0.15) is 0 Å². The van der Waals surface area contributed by atoms with E-state index in [1.54, 1.807) is 0 Å². The van der Waals surface area contributed by atoms with Crippen LogP contribution in [0.5, 0.6) is 23.0 Å². The predicted molar refractivity (Wildman–Crippen MR) is 278 cm³/mol. The van der Waals surface area contributed by atoms with E-state index in [1.807, 2.05) is 0 Å². The van der Waals surface area contributed by atoms with Crippen molar-refractivity contribution in [2.24, 2.45) is 17.2 Å². The third-order valence-electron chi connectivity index (χ3n) is 10.2. The summed E-state index contributed by atoms with van der Waals surface area (Å²) in [5, 5.41) is 39.7. The first kappa shape index (κ1) is 58.4. The minimum atomic E-state index is -0.834. The van der Waals surface area contributed by atoms with Gasteiger partial charge in [-0.25, -0.2) is 0 Å². The molecule has 4 aromatic rings. The molecule has 0 bridgehead atoms. The number of anilines is 4. The van der Waals surface area contributed by atoms with Crippen molar-refractivity contribution in [3.05, 3.63) is 95.1 Å². The second-order valence-electron chi connectivity index (χ2n) is 15.8. The average Bonchev–Trinajstić information content (AvgIpc) is 3.39. The number of hydrogen-bond acceptors (Lipinski definition) is 15. The third kappa shape index (κ3) is 19.1. The van der Waals surface area contributed by atoms with E-state index in [-0.39, 0.29) is 112 Å². The van der Waals surface area contributed by atoms with Gasteiger partial charge in [-0.3, -0.25) is 54.0 Å². The number of unbranched alkanes of at least 4 members (excludes halogenated alkanes) is 1. The van der Waals surface area contributed by atoms with E-state index in [9.17, 15) is 43.2 Å². The fourth-order valence-corrected chi connectivity index (χ4v) is 6.65. The van der Waals surface area contributed by atoms with Crippen molar-refractivity contribution in [2.75, 3.05) is 88.5 Å². The molecular formula is C48H59N15O13. The number of nitrogens with one attached hydrogen (secondary N) is 12. The molecule has 0 aliphatic heterocycles. The van der Waals surface area contributed by atoms with Gasteiger partial charge < -0.3 is 89.3 Å². The first-order valence-electron chi connectivity index (χ1n) is 22.9. The number of rotatable bonds is 28. The Labute approximate surface area is 434 Å². The van der Waals surface area contributed by atoms with Crippen LogP contribution in [0.15, 0.2) is 72.8 Å². The van der Waals surface area contributed by atoms with Gasteiger partial charge in [0.1, 0.15) is 29.6 Å². The van der Waals surface area contributed by atoms with Crippen LogP contribution in [0, 0.1) is 10.8 Å². The molecule has 0 saturated heterocycles. The molecule has 28 heteroatoms. The minimum Gasteiger partial charge on any atom is -0.496 e. The van der Waals surface area contributed by atoms with Gasteiger partial charge in [0.2, 0.25) is 29.5 Å². The van der Waals surface area contributed by atoms with Gasteiger partial charge in [0.25, 0.3) is 23.6 Å². The van der Waals surface area contributed by atoms with Gasteiger partial charge in [-0.05, 0) is 85.6 Å². The van der Waals surface area contributed by atoms with Crippen molar-refractivity contribution in [2.45, 2.75) is 19.3 Å². The second kappa shape index (κ2) is 29.4. The summed E-state index contributed by atoms with van der Waals surface area (Å²) >= 11 is 0. The highest BCUT2D eigenvalue weighted by atomic mass is 16.5. The van der Waals surface area contributed by atoms with Gasteiger partial charge >= 0.3 is 0 Å². The number of benzene rings is 4. The normalized spacial score (nSPS) is 10.2. The number of methoxy groups -OCH3 is 3. The maximum absolute atomic E-state index is 13.3. The Kier molecular flexibility index (Phi) is 22.6. The Balaban J connectivity index is 1.27. The molecule has 28 nitrogen and oxygen atoms in total. The van der Waals surface area contributed by atoms with E-state index in [1.165, 1.54) is 94.1 Å². The molecule has 76 heavy (non-hydrogen) atoms. The van der Waals surface area contributed by atoms with Gasteiger partial charge in [0.05, 0.1) is 76.3 Å². The van der Waals surface area contributed by atoms with E-state index in [0.717, 1.165) is 0 Å². The highest BCUT2D eigenvalue weighted by Crippen LogP contribution is 2.26. The highest BCUT2D eigenvalue weighted by molar-refractivity contribution is 6.06. The summed E-state index contributed by atoms with van der Waals surface area (Å²) in [4.78, 5) is 115. The molecule has 0 aliphatic rings. The topological polar surface area (TPSA) is 437 Å². The Bertz CT molecular complexity index is 2840. The van der Waals surface area contributed by atoms with Crippen LogP contribution in [0.3, 0.4) is 0 Å². The van der Waals surface area contributed by atoms with E-state index in [2.05, 4.69) is 53.2 Å². The fraction of sp³-hybridized carbons (Fsp3) is 0.271. The van der Waals surface area contributed by atoms with Crippen molar-refractivity contribution >= 4 is 87.8 Å². The largest absolute Gasteiger partial charge is 0.496 e. The number of amides is 9. The quantitative estimate of drug-likeness (QED) is 0.0193. The van der Waals surface area contributed by atoms with Crippen LogP contribution >= 0.6 is 0 Å². The van der Waals surface area contributed by atoms with Crippen molar-refractivity contribution in [1.29, 1.82) is 10.8 Å². The number of hydrogen-bond donors (Lipinski definition) is 15. The zero-order valence-corrected chi connectivity index (χ0v) is 41.5. The zero-order chi connectivity index (χ0) is 55.7. The fourth-order valence-electron chi connectivity index (χ4n) is 6.65. The van der Waals surface area contributed by atoms with Gasteiger partial charge in [-0.15, -0.1) is 0 Å². The van der Waals surface area contributed by atoms with E-state index >= 15 is 0 Å². The lowest BCUT2D eigenvalue weighted by atomic mass is 10.1. The molecule has 0 aliphatic carbocycles. The lowest BCUT2D eigenvalue weighted by Gasteiger charge is -2.14. The van der Waals surface area contributed by atoms with Gasteiger partial charge in [0.15, 0.2) is 11.9 Å². The number of carbonyl (C=O) groups is 9. The van der Waals surface area contributed by atoms with E-state index < -0.39 is 66.9 Å². The molecule has 4 rings (SSSR count). The number of ether oxygens (including phenoxy) is 4. The number of nitrogens with two attached hydrogens (primary N) is 3. The Morgan fingerprint density at radius 3 is 1.12 bits per heavy atom. The molecule has 0 fully saturated rings. The second-order valence-corrected chi connectivity index (χ2v) is 15.8. The third-order valence-corrected chi connectivity index (χ3v) is 10.2. The van der Waals surface area contributed by atoms with Crippen LogP contribution in [0.2, 0.25) is 0 Å². The molecule has 18 N–H and O–H groups in total. The van der Waals surface area contributed by atoms with Crippen LogP contribution in [-0.2, 0) is 24.0 Å². The lowest BCUT2D eigenvalue weighted by molar-refractivity contribution is -0.124. The monoisotopic (exact) mass is 1050 g/mol. The molecule has 9 amide bonds. The van der Waals surface area contributed by atoms with Crippen molar-refractivity contribution in [3.63, 3.8) is 0 Å². The summed E-state index contributed by atoms with van der Waals surface area (Å²) in [6.45, 7) is -1.30. The first-order valence-corrected chi connectivity index (χ1v) is 22.9. The molecule has 4 aromatic carbocycles.